The van der Waals surface area contributed by atoms with Crippen LogP contribution in [-0.4, -0.2) is 22.5 Å². The molecule has 1 aromatic rings. The molecule has 1 aromatic carbocycles. The van der Waals surface area contributed by atoms with Crippen LogP contribution in [0.2, 0.25) is 0 Å². The number of piperidine rings is 1. The third-order valence-electron chi connectivity index (χ3n) is 2.62. The molecule has 4 heteroatoms. The number of hydrogen-bond donors (Lipinski definition) is 1. The van der Waals surface area contributed by atoms with Crippen molar-refractivity contribution < 1.29 is 8.60 Å². The maximum absolute atomic E-state index is 12.9. The van der Waals surface area contributed by atoms with Gasteiger partial charge in [0.05, 0.1) is 10.8 Å². The highest BCUT2D eigenvalue weighted by molar-refractivity contribution is 7.85. The van der Waals surface area contributed by atoms with Crippen LogP contribution in [-0.2, 0) is 10.8 Å². The first-order chi connectivity index (χ1) is 7.27. The van der Waals surface area contributed by atoms with E-state index in [4.69, 9.17) is 0 Å². The quantitative estimate of drug-likeness (QED) is 0.833. The van der Waals surface area contributed by atoms with Crippen molar-refractivity contribution in [1.82, 2.24) is 5.32 Å². The molecule has 82 valence electrons. The van der Waals surface area contributed by atoms with Crippen molar-refractivity contribution in [3.05, 3.63) is 30.1 Å². The minimum Gasteiger partial charge on any atom is -0.317 e. The largest absolute Gasteiger partial charge is 0.317 e. The van der Waals surface area contributed by atoms with Gasteiger partial charge in [-0.15, -0.1) is 0 Å². The van der Waals surface area contributed by atoms with Gasteiger partial charge in [-0.25, -0.2) is 4.39 Å². The summed E-state index contributed by atoms with van der Waals surface area (Å²) in [4.78, 5) is 0.613. The second-order valence-electron chi connectivity index (χ2n) is 3.70. The minimum atomic E-state index is -1.06. The molecular formula is C11H14FNOS. The van der Waals surface area contributed by atoms with E-state index in [1.807, 2.05) is 0 Å². The molecule has 1 N–H and O–H groups in total. The highest BCUT2D eigenvalue weighted by Gasteiger charge is 2.20. The van der Waals surface area contributed by atoms with Crippen molar-refractivity contribution in [3.63, 3.8) is 0 Å². The minimum absolute atomic E-state index is 0.174. The predicted octanol–water partition coefficient (Wildman–Crippen LogP) is 1.69. The Hall–Kier alpha value is -0.740. The molecule has 0 saturated carbocycles. The number of benzene rings is 1. The van der Waals surface area contributed by atoms with Gasteiger partial charge in [0, 0.05) is 10.1 Å². The Morgan fingerprint density at radius 1 is 1.33 bits per heavy atom. The molecule has 0 bridgehead atoms. The van der Waals surface area contributed by atoms with Gasteiger partial charge in [0.1, 0.15) is 5.82 Å². The van der Waals surface area contributed by atoms with Gasteiger partial charge in [0.25, 0.3) is 0 Å². The molecule has 2 nitrogen and oxygen atoms in total. The fourth-order valence-electron chi connectivity index (χ4n) is 1.79. The summed E-state index contributed by atoms with van der Waals surface area (Å²) >= 11 is 0. The zero-order chi connectivity index (χ0) is 10.7. The van der Waals surface area contributed by atoms with Crippen LogP contribution in [0.1, 0.15) is 12.8 Å². The number of halogens is 1. The van der Waals surface area contributed by atoms with Crippen LogP contribution in [0.4, 0.5) is 4.39 Å². The average Bonchev–Trinajstić information content (AvgIpc) is 2.29. The zero-order valence-corrected chi connectivity index (χ0v) is 9.23. The fraction of sp³-hybridized carbons (Fsp3) is 0.455. The lowest BCUT2D eigenvalue weighted by molar-refractivity contribution is 0.519. The lowest BCUT2D eigenvalue weighted by Gasteiger charge is -2.21. The fourth-order valence-corrected chi connectivity index (χ4v) is 3.28. The van der Waals surface area contributed by atoms with E-state index in [2.05, 4.69) is 5.32 Å². The third-order valence-corrected chi connectivity index (χ3v) is 4.41. The molecule has 0 spiro atoms. The van der Waals surface area contributed by atoms with Crippen LogP contribution in [0, 0.1) is 5.82 Å². The number of nitrogens with one attached hydrogen (secondary N) is 1. The summed E-state index contributed by atoms with van der Waals surface area (Å²) in [6.07, 6.45) is 1.81. The van der Waals surface area contributed by atoms with Gasteiger partial charge in [-0.3, -0.25) is 4.21 Å². The summed E-state index contributed by atoms with van der Waals surface area (Å²) in [6.45, 7) is 1.82. The highest BCUT2D eigenvalue weighted by Crippen LogP contribution is 2.18. The van der Waals surface area contributed by atoms with E-state index in [9.17, 15) is 8.60 Å². The van der Waals surface area contributed by atoms with Crippen molar-refractivity contribution in [2.45, 2.75) is 23.0 Å². The van der Waals surface area contributed by atoms with Crippen molar-refractivity contribution >= 4 is 10.8 Å². The van der Waals surface area contributed by atoms with Crippen LogP contribution in [0.25, 0.3) is 0 Å². The van der Waals surface area contributed by atoms with Gasteiger partial charge in [-0.2, -0.15) is 0 Å². The molecular weight excluding hydrogens is 213 g/mol. The SMILES string of the molecule is O=S(c1cccc(F)c1)C1CCNCC1. The van der Waals surface area contributed by atoms with Crippen molar-refractivity contribution in [1.29, 1.82) is 0 Å². The van der Waals surface area contributed by atoms with Gasteiger partial charge >= 0.3 is 0 Å². The second kappa shape index (κ2) is 4.86. The molecule has 0 amide bonds. The van der Waals surface area contributed by atoms with E-state index >= 15 is 0 Å². The highest BCUT2D eigenvalue weighted by atomic mass is 32.2. The topological polar surface area (TPSA) is 29.1 Å². The van der Waals surface area contributed by atoms with Crippen LogP contribution >= 0.6 is 0 Å². The first-order valence-corrected chi connectivity index (χ1v) is 6.35. The molecule has 2 rings (SSSR count). The Morgan fingerprint density at radius 2 is 2.07 bits per heavy atom. The van der Waals surface area contributed by atoms with Crippen molar-refractivity contribution in [2.24, 2.45) is 0 Å². The van der Waals surface area contributed by atoms with E-state index in [0.29, 0.717) is 4.90 Å². The Kier molecular flexibility index (Phi) is 3.49. The van der Waals surface area contributed by atoms with Crippen molar-refractivity contribution in [3.8, 4) is 0 Å². The molecule has 1 aliphatic rings. The molecule has 1 saturated heterocycles. The van der Waals surface area contributed by atoms with Crippen LogP contribution < -0.4 is 5.32 Å². The smallest absolute Gasteiger partial charge is 0.124 e. The van der Waals surface area contributed by atoms with Crippen LogP contribution in [0.5, 0.6) is 0 Å². The van der Waals surface area contributed by atoms with Crippen LogP contribution in [0.15, 0.2) is 29.2 Å². The Morgan fingerprint density at radius 3 is 2.73 bits per heavy atom. The summed E-state index contributed by atoms with van der Waals surface area (Å²) < 4.78 is 25.0. The maximum atomic E-state index is 12.9. The molecule has 1 aliphatic heterocycles. The molecule has 15 heavy (non-hydrogen) atoms. The second-order valence-corrected chi connectivity index (χ2v) is 5.44. The van der Waals surface area contributed by atoms with Gasteiger partial charge in [0.15, 0.2) is 0 Å². The summed E-state index contributed by atoms with van der Waals surface area (Å²) in [5.74, 6) is -0.310. The van der Waals surface area contributed by atoms with Gasteiger partial charge in [0.2, 0.25) is 0 Å². The summed E-state index contributed by atoms with van der Waals surface area (Å²) in [7, 11) is -1.06. The first-order valence-electron chi connectivity index (χ1n) is 5.14. The van der Waals surface area contributed by atoms with Gasteiger partial charge in [-0.1, -0.05) is 6.07 Å². The normalized spacial score (nSPS) is 20.1. The zero-order valence-electron chi connectivity index (χ0n) is 8.41. The van der Waals surface area contributed by atoms with Gasteiger partial charge < -0.3 is 5.32 Å². The molecule has 1 heterocycles. The molecule has 0 aromatic heterocycles. The van der Waals surface area contributed by atoms with Crippen LogP contribution in [0.3, 0.4) is 0 Å². The summed E-state index contributed by atoms with van der Waals surface area (Å²) in [6, 6.07) is 6.10. The lowest BCUT2D eigenvalue weighted by atomic mass is 10.2. The molecule has 1 atom stereocenters. The molecule has 1 fully saturated rings. The standard InChI is InChI=1S/C11H14FNOS/c12-9-2-1-3-11(8-9)15(14)10-4-6-13-7-5-10/h1-3,8,10,13H,4-7H2. The Balaban J connectivity index is 2.12. The molecule has 1 unspecified atom stereocenters. The Bertz CT molecular complexity index is 363. The summed E-state index contributed by atoms with van der Waals surface area (Å²) in [5, 5.41) is 3.40. The Labute approximate surface area is 91.3 Å². The lowest BCUT2D eigenvalue weighted by Crippen LogP contribution is -2.33. The molecule has 0 aliphatic carbocycles. The van der Waals surface area contributed by atoms with Gasteiger partial charge in [-0.05, 0) is 44.1 Å². The monoisotopic (exact) mass is 227 g/mol. The van der Waals surface area contributed by atoms with Crippen molar-refractivity contribution in [2.75, 3.05) is 13.1 Å². The number of hydrogen-bond acceptors (Lipinski definition) is 2. The van der Waals surface area contributed by atoms with E-state index in [-0.39, 0.29) is 11.1 Å². The third kappa shape index (κ3) is 2.63. The average molecular weight is 227 g/mol. The maximum Gasteiger partial charge on any atom is 0.124 e. The summed E-state index contributed by atoms with van der Waals surface area (Å²) in [5.41, 5.74) is 0. The van der Waals surface area contributed by atoms with E-state index < -0.39 is 10.8 Å². The first kappa shape index (κ1) is 10.8. The van der Waals surface area contributed by atoms with E-state index in [0.717, 1.165) is 25.9 Å². The number of rotatable bonds is 2. The predicted molar refractivity (Wildman–Crippen MR) is 58.7 cm³/mol. The van der Waals surface area contributed by atoms with E-state index in [1.54, 1.807) is 12.1 Å². The molecule has 0 radical (unpaired) electrons. The van der Waals surface area contributed by atoms with E-state index in [1.165, 1.54) is 12.1 Å².